The number of ether oxygens (including phenoxy) is 1. The molecular formula is C18H21ClN2O5. The summed E-state index contributed by atoms with van der Waals surface area (Å²) in [6, 6.07) is 6.66. The fraction of sp³-hybridized carbons (Fsp3) is 0.444. The van der Waals surface area contributed by atoms with Gasteiger partial charge in [0.05, 0.1) is 12.0 Å². The Morgan fingerprint density at radius 3 is 2.50 bits per heavy atom. The molecule has 0 saturated carbocycles. The van der Waals surface area contributed by atoms with Crippen LogP contribution in [0.2, 0.25) is 5.02 Å². The van der Waals surface area contributed by atoms with Gasteiger partial charge in [-0.2, -0.15) is 0 Å². The van der Waals surface area contributed by atoms with Gasteiger partial charge in [-0.15, -0.1) is 0 Å². The molecule has 3 amide bonds. The molecule has 0 bridgehead atoms. The van der Waals surface area contributed by atoms with Gasteiger partial charge in [-0.1, -0.05) is 29.8 Å². The van der Waals surface area contributed by atoms with Gasteiger partial charge >= 0.3 is 5.97 Å². The van der Waals surface area contributed by atoms with Crippen molar-refractivity contribution in [2.45, 2.75) is 25.2 Å². The van der Waals surface area contributed by atoms with Crippen LogP contribution in [0.3, 0.4) is 0 Å². The topological polar surface area (TPSA) is 84.0 Å². The van der Waals surface area contributed by atoms with E-state index in [0.717, 1.165) is 4.90 Å². The van der Waals surface area contributed by atoms with E-state index in [1.807, 2.05) is 0 Å². The van der Waals surface area contributed by atoms with Gasteiger partial charge in [-0.05, 0) is 18.6 Å². The van der Waals surface area contributed by atoms with Crippen molar-refractivity contribution in [3.8, 4) is 0 Å². The third-order valence-electron chi connectivity index (χ3n) is 4.48. The SMILES string of the molecule is CCOC(=O)CN(C)C(=O)CC1(c2ccccc2Cl)CC(=O)N(C)C1=O. The first-order chi connectivity index (χ1) is 12.2. The predicted molar refractivity (Wildman–Crippen MR) is 94.4 cm³/mol. The minimum absolute atomic E-state index is 0.148. The van der Waals surface area contributed by atoms with Crippen LogP contribution in [0.15, 0.2) is 24.3 Å². The van der Waals surface area contributed by atoms with Crippen molar-refractivity contribution in [2.75, 3.05) is 27.2 Å². The molecule has 0 aliphatic carbocycles. The number of esters is 1. The number of imide groups is 1. The molecule has 1 aromatic rings. The van der Waals surface area contributed by atoms with E-state index >= 15 is 0 Å². The highest BCUT2D eigenvalue weighted by Crippen LogP contribution is 2.42. The minimum atomic E-state index is -1.37. The summed E-state index contributed by atoms with van der Waals surface area (Å²) in [7, 11) is 2.83. The molecule has 0 N–H and O–H groups in total. The molecule has 8 heteroatoms. The van der Waals surface area contributed by atoms with Crippen molar-refractivity contribution < 1.29 is 23.9 Å². The first-order valence-corrected chi connectivity index (χ1v) is 8.56. The summed E-state index contributed by atoms with van der Waals surface area (Å²) in [6.45, 7) is 1.65. The molecule has 7 nitrogen and oxygen atoms in total. The lowest BCUT2D eigenvalue weighted by molar-refractivity contribution is -0.148. The van der Waals surface area contributed by atoms with Gasteiger partial charge in [-0.3, -0.25) is 24.1 Å². The molecule has 140 valence electrons. The Kier molecular flexibility index (Phi) is 6.02. The fourth-order valence-corrected chi connectivity index (χ4v) is 3.38. The van der Waals surface area contributed by atoms with Gasteiger partial charge in [0.15, 0.2) is 0 Å². The maximum Gasteiger partial charge on any atom is 0.325 e. The average molecular weight is 381 g/mol. The van der Waals surface area contributed by atoms with E-state index in [-0.39, 0.29) is 31.9 Å². The van der Waals surface area contributed by atoms with Crippen LogP contribution in [-0.4, -0.2) is 60.7 Å². The lowest BCUT2D eigenvalue weighted by Crippen LogP contribution is -2.43. The molecule has 1 atom stereocenters. The van der Waals surface area contributed by atoms with Gasteiger partial charge in [0.2, 0.25) is 17.7 Å². The number of carbonyl (C=O) groups excluding carboxylic acids is 4. The second kappa shape index (κ2) is 7.86. The molecule has 1 fully saturated rings. The molecule has 26 heavy (non-hydrogen) atoms. The molecule has 0 spiro atoms. The Hall–Kier alpha value is -2.41. The van der Waals surface area contributed by atoms with Crippen LogP contribution in [-0.2, 0) is 29.3 Å². The van der Waals surface area contributed by atoms with Gasteiger partial charge in [0.1, 0.15) is 6.54 Å². The highest BCUT2D eigenvalue weighted by atomic mass is 35.5. The van der Waals surface area contributed by atoms with Crippen LogP contribution in [0.4, 0.5) is 0 Å². The van der Waals surface area contributed by atoms with E-state index in [2.05, 4.69) is 0 Å². The number of hydrogen-bond acceptors (Lipinski definition) is 5. The zero-order valence-corrected chi connectivity index (χ0v) is 15.7. The minimum Gasteiger partial charge on any atom is -0.465 e. The maximum atomic E-state index is 12.9. The summed E-state index contributed by atoms with van der Waals surface area (Å²) in [5, 5.41) is 0.310. The molecular weight excluding hydrogens is 360 g/mol. The second-order valence-corrected chi connectivity index (χ2v) is 6.64. The second-order valence-electron chi connectivity index (χ2n) is 6.23. The van der Waals surface area contributed by atoms with Crippen LogP contribution in [0, 0.1) is 0 Å². The molecule has 1 unspecified atom stereocenters. The quantitative estimate of drug-likeness (QED) is 0.550. The van der Waals surface area contributed by atoms with E-state index in [1.54, 1.807) is 31.2 Å². The Morgan fingerprint density at radius 1 is 1.31 bits per heavy atom. The number of benzene rings is 1. The lowest BCUT2D eigenvalue weighted by Gasteiger charge is -2.29. The molecule has 1 aliphatic heterocycles. The standard InChI is InChI=1S/C18H21ClN2O5/c1-4-26-16(24)11-20(2)14(22)9-18(10-15(23)21(3)17(18)25)12-7-5-6-8-13(12)19/h5-8H,4,9-11H2,1-3H3. The van der Waals surface area contributed by atoms with E-state index in [9.17, 15) is 19.2 Å². The normalized spacial score (nSPS) is 19.6. The maximum absolute atomic E-state index is 12.9. The fourth-order valence-electron chi connectivity index (χ4n) is 3.06. The molecule has 2 rings (SSSR count). The van der Waals surface area contributed by atoms with Gasteiger partial charge < -0.3 is 9.64 Å². The highest BCUT2D eigenvalue weighted by molar-refractivity contribution is 6.32. The summed E-state index contributed by atoms with van der Waals surface area (Å²) < 4.78 is 4.83. The van der Waals surface area contributed by atoms with Gasteiger partial charge in [-0.25, -0.2) is 0 Å². The van der Waals surface area contributed by atoms with Crippen LogP contribution in [0.5, 0.6) is 0 Å². The highest BCUT2D eigenvalue weighted by Gasteiger charge is 2.53. The van der Waals surface area contributed by atoms with E-state index < -0.39 is 23.2 Å². The molecule has 1 aromatic carbocycles. The first-order valence-electron chi connectivity index (χ1n) is 8.18. The van der Waals surface area contributed by atoms with Crippen LogP contribution in [0.25, 0.3) is 0 Å². The average Bonchev–Trinajstić information content (AvgIpc) is 2.80. The van der Waals surface area contributed by atoms with Crippen molar-refractivity contribution in [1.29, 1.82) is 0 Å². The monoisotopic (exact) mass is 380 g/mol. The summed E-state index contributed by atoms with van der Waals surface area (Å²) in [6.07, 6.45) is -0.410. The largest absolute Gasteiger partial charge is 0.465 e. The van der Waals surface area contributed by atoms with Crippen LogP contribution in [0.1, 0.15) is 25.3 Å². The molecule has 1 saturated heterocycles. The van der Waals surface area contributed by atoms with Crippen molar-refractivity contribution in [3.63, 3.8) is 0 Å². The van der Waals surface area contributed by atoms with Gasteiger partial charge in [0, 0.05) is 32.0 Å². The summed E-state index contributed by atoms with van der Waals surface area (Å²) >= 11 is 6.26. The Morgan fingerprint density at radius 2 is 1.96 bits per heavy atom. The van der Waals surface area contributed by atoms with Crippen molar-refractivity contribution in [1.82, 2.24) is 9.80 Å². The van der Waals surface area contributed by atoms with E-state index in [0.29, 0.717) is 10.6 Å². The number of likely N-dealkylation sites (N-methyl/N-ethyl adjacent to an activating group) is 2. The molecule has 1 aliphatic rings. The number of rotatable bonds is 6. The Balaban J connectivity index is 2.34. The third kappa shape index (κ3) is 3.72. The Bertz CT molecular complexity index is 751. The zero-order valence-electron chi connectivity index (χ0n) is 15.0. The number of carbonyl (C=O) groups is 4. The predicted octanol–water partition coefficient (Wildman–Crippen LogP) is 1.38. The smallest absolute Gasteiger partial charge is 0.325 e. The van der Waals surface area contributed by atoms with Crippen molar-refractivity contribution >= 4 is 35.3 Å². The van der Waals surface area contributed by atoms with E-state index in [1.165, 1.54) is 19.0 Å². The van der Waals surface area contributed by atoms with E-state index in [4.69, 9.17) is 16.3 Å². The third-order valence-corrected chi connectivity index (χ3v) is 4.81. The summed E-state index contributed by atoms with van der Waals surface area (Å²) in [5.74, 6) is -1.85. The van der Waals surface area contributed by atoms with Crippen molar-refractivity contribution in [2.24, 2.45) is 0 Å². The molecule has 0 aromatic heterocycles. The van der Waals surface area contributed by atoms with Crippen LogP contribution >= 0.6 is 11.6 Å². The number of likely N-dealkylation sites (tertiary alicyclic amines) is 1. The van der Waals surface area contributed by atoms with Crippen molar-refractivity contribution in [3.05, 3.63) is 34.9 Å². The summed E-state index contributed by atoms with van der Waals surface area (Å²) in [4.78, 5) is 51.5. The Labute approximate surface area is 156 Å². The lowest BCUT2D eigenvalue weighted by atomic mass is 9.75. The first kappa shape index (κ1) is 19.9. The van der Waals surface area contributed by atoms with Crippen LogP contribution < -0.4 is 0 Å². The number of amides is 3. The molecule has 1 heterocycles. The number of hydrogen-bond donors (Lipinski definition) is 0. The number of nitrogens with zero attached hydrogens (tertiary/aromatic N) is 2. The van der Waals surface area contributed by atoms with Gasteiger partial charge in [0.25, 0.3) is 0 Å². The zero-order chi connectivity index (χ0) is 19.5. The molecule has 0 radical (unpaired) electrons. The number of halogens is 1. The summed E-state index contributed by atoms with van der Waals surface area (Å²) in [5.41, 5.74) is -0.938.